The van der Waals surface area contributed by atoms with Gasteiger partial charge in [-0.15, -0.1) is 0 Å². The predicted molar refractivity (Wildman–Crippen MR) is 92.1 cm³/mol. The summed E-state index contributed by atoms with van der Waals surface area (Å²) in [4.78, 5) is 23.9. The minimum Gasteiger partial charge on any atom is -0.459 e. The van der Waals surface area contributed by atoms with Crippen molar-refractivity contribution in [1.82, 2.24) is 4.57 Å². The third kappa shape index (κ3) is 3.46. The Labute approximate surface area is 141 Å². The van der Waals surface area contributed by atoms with E-state index >= 15 is 0 Å². The lowest BCUT2D eigenvalue weighted by Crippen LogP contribution is -2.21. The molecule has 3 aromatic rings. The summed E-state index contributed by atoms with van der Waals surface area (Å²) in [7, 11) is 0. The third-order valence-electron chi connectivity index (χ3n) is 3.41. The van der Waals surface area contributed by atoms with Crippen LogP contribution in [0.3, 0.4) is 0 Å². The fraction of sp³-hybridized carbons (Fsp3) is 0.176. The predicted octanol–water partition coefficient (Wildman–Crippen LogP) is 3.77. The molecule has 0 N–H and O–H groups in total. The number of hydrogen-bond donors (Lipinski definition) is 0. The van der Waals surface area contributed by atoms with Crippen molar-refractivity contribution in [1.29, 1.82) is 0 Å². The number of para-hydroxylation sites is 1. The molecule has 1 aromatic heterocycles. The summed E-state index contributed by atoms with van der Waals surface area (Å²) in [5.41, 5.74) is 2.60. The zero-order chi connectivity index (χ0) is 16.4. The standard InChI is InChI=1S/C17H14ClNO3S/c1-11-4-2-5-12(8-11)10-22-15(20)9-19-16-13(18)6-3-7-14(16)23-17(19)21/h2-8H,9-10H2,1H3. The van der Waals surface area contributed by atoms with Gasteiger partial charge in [-0.1, -0.05) is 58.8 Å². The fourth-order valence-corrected chi connectivity index (χ4v) is 3.61. The number of ether oxygens (including phenoxy) is 1. The SMILES string of the molecule is Cc1cccc(COC(=O)Cn2c(=O)sc3cccc(Cl)c32)c1. The number of hydrogen-bond acceptors (Lipinski definition) is 4. The molecule has 118 valence electrons. The molecule has 0 radical (unpaired) electrons. The first-order valence-electron chi connectivity index (χ1n) is 7.03. The van der Waals surface area contributed by atoms with Crippen LogP contribution in [0.2, 0.25) is 5.02 Å². The van der Waals surface area contributed by atoms with Crippen LogP contribution in [0.25, 0.3) is 10.2 Å². The van der Waals surface area contributed by atoms with Crippen LogP contribution in [0.1, 0.15) is 11.1 Å². The first-order chi connectivity index (χ1) is 11.0. The molecule has 0 fully saturated rings. The van der Waals surface area contributed by atoms with Gasteiger partial charge in [0.05, 0.1) is 15.2 Å². The van der Waals surface area contributed by atoms with E-state index in [1.54, 1.807) is 12.1 Å². The lowest BCUT2D eigenvalue weighted by atomic mass is 10.1. The van der Waals surface area contributed by atoms with Gasteiger partial charge in [0.15, 0.2) is 0 Å². The van der Waals surface area contributed by atoms with Crippen molar-refractivity contribution in [2.45, 2.75) is 20.1 Å². The van der Waals surface area contributed by atoms with E-state index in [2.05, 4.69) is 0 Å². The molecule has 0 unspecified atom stereocenters. The second kappa shape index (κ2) is 6.56. The maximum absolute atomic E-state index is 12.1. The summed E-state index contributed by atoms with van der Waals surface area (Å²) in [6.45, 7) is 2.02. The average Bonchev–Trinajstić information content (AvgIpc) is 2.82. The van der Waals surface area contributed by atoms with E-state index in [1.807, 2.05) is 37.3 Å². The van der Waals surface area contributed by atoms with Crippen LogP contribution in [-0.4, -0.2) is 10.5 Å². The molecule has 0 saturated heterocycles. The summed E-state index contributed by atoms with van der Waals surface area (Å²) in [6, 6.07) is 13.0. The number of aryl methyl sites for hydroxylation is 1. The molecule has 0 bridgehead atoms. The smallest absolute Gasteiger partial charge is 0.326 e. The quantitative estimate of drug-likeness (QED) is 0.675. The van der Waals surface area contributed by atoms with Crippen molar-refractivity contribution in [3.8, 4) is 0 Å². The highest BCUT2D eigenvalue weighted by Crippen LogP contribution is 2.25. The summed E-state index contributed by atoms with van der Waals surface area (Å²) in [5.74, 6) is -0.465. The highest BCUT2D eigenvalue weighted by Gasteiger charge is 2.14. The molecule has 2 aromatic carbocycles. The van der Waals surface area contributed by atoms with Gasteiger partial charge >= 0.3 is 10.8 Å². The van der Waals surface area contributed by atoms with Crippen LogP contribution in [0, 0.1) is 6.92 Å². The number of carbonyl (C=O) groups excluding carboxylic acids is 1. The largest absolute Gasteiger partial charge is 0.459 e. The average molecular weight is 348 g/mol. The van der Waals surface area contributed by atoms with E-state index in [1.165, 1.54) is 4.57 Å². The van der Waals surface area contributed by atoms with Gasteiger partial charge in [-0.25, -0.2) is 0 Å². The van der Waals surface area contributed by atoms with Gasteiger partial charge in [-0.3, -0.25) is 14.2 Å². The van der Waals surface area contributed by atoms with Gasteiger partial charge < -0.3 is 4.74 Å². The van der Waals surface area contributed by atoms with Crippen LogP contribution in [0.4, 0.5) is 0 Å². The fourth-order valence-electron chi connectivity index (χ4n) is 2.36. The minimum absolute atomic E-state index is 0.144. The number of rotatable bonds is 4. The Morgan fingerprint density at radius 1 is 1.26 bits per heavy atom. The molecule has 23 heavy (non-hydrogen) atoms. The molecule has 0 atom stereocenters. The molecule has 0 spiro atoms. The molecule has 1 heterocycles. The summed E-state index contributed by atoms with van der Waals surface area (Å²) in [5, 5.41) is 0.451. The van der Waals surface area contributed by atoms with E-state index in [0.29, 0.717) is 10.5 Å². The highest BCUT2D eigenvalue weighted by molar-refractivity contribution is 7.16. The normalized spacial score (nSPS) is 10.9. The molecule has 0 saturated carbocycles. The Balaban J connectivity index is 1.76. The second-order valence-electron chi connectivity index (χ2n) is 5.19. The van der Waals surface area contributed by atoms with E-state index in [0.717, 1.165) is 27.2 Å². The molecule has 0 aliphatic carbocycles. The first kappa shape index (κ1) is 15.8. The monoisotopic (exact) mass is 347 g/mol. The van der Waals surface area contributed by atoms with Gasteiger partial charge in [0.25, 0.3) is 0 Å². The maximum atomic E-state index is 12.1. The second-order valence-corrected chi connectivity index (χ2v) is 6.59. The molecule has 6 heteroatoms. The molecule has 0 aliphatic rings. The van der Waals surface area contributed by atoms with Crippen LogP contribution in [0.5, 0.6) is 0 Å². The summed E-state index contributed by atoms with van der Waals surface area (Å²) in [6.07, 6.45) is 0. The third-order valence-corrected chi connectivity index (χ3v) is 4.66. The molecule has 0 aliphatic heterocycles. The van der Waals surface area contributed by atoms with Gasteiger partial charge in [-0.2, -0.15) is 0 Å². The van der Waals surface area contributed by atoms with Crippen molar-refractivity contribution < 1.29 is 9.53 Å². The summed E-state index contributed by atoms with van der Waals surface area (Å²) >= 11 is 7.21. The van der Waals surface area contributed by atoms with Gasteiger partial charge in [-0.05, 0) is 24.6 Å². The molecular formula is C17H14ClNO3S. The Hall–Kier alpha value is -2.11. The Morgan fingerprint density at radius 2 is 2.04 bits per heavy atom. The Morgan fingerprint density at radius 3 is 2.83 bits per heavy atom. The number of carbonyl (C=O) groups is 1. The number of fused-ring (bicyclic) bond motifs is 1. The number of benzene rings is 2. The number of halogens is 1. The van der Waals surface area contributed by atoms with Crippen molar-refractivity contribution in [2.75, 3.05) is 0 Å². The van der Waals surface area contributed by atoms with E-state index in [4.69, 9.17) is 16.3 Å². The molecular weight excluding hydrogens is 334 g/mol. The van der Waals surface area contributed by atoms with E-state index < -0.39 is 5.97 Å². The maximum Gasteiger partial charge on any atom is 0.326 e. The van der Waals surface area contributed by atoms with Crippen LogP contribution < -0.4 is 4.87 Å². The number of nitrogens with zero attached hydrogens (tertiary/aromatic N) is 1. The minimum atomic E-state index is -0.465. The number of thiazole rings is 1. The first-order valence-corrected chi connectivity index (χ1v) is 8.23. The molecule has 0 amide bonds. The van der Waals surface area contributed by atoms with Gasteiger partial charge in [0.2, 0.25) is 0 Å². The lowest BCUT2D eigenvalue weighted by molar-refractivity contribution is -0.145. The molecule has 3 rings (SSSR count). The lowest BCUT2D eigenvalue weighted by Gasteiger charge is -2.07. The zero-order valence-electron chi connectivity index (χ0n) is 12.4. The van der Waals surface area contributed by atoms with Crippen LogP contribution >= 0.6 is 22.9 Å². The highest BCUT2D eigenvalue weighted by atomic mass is 35.5. The van der Waals surface area contributed by atoms with Gasteiger partial charge in [0, 0.05) is 0 Å². The van der Waals surface area contributed by atoms with Gasteiger partial charge in [0.1, 0.15) is 13.2 Å². The van der Waals surface area contributed by atoms with Crippen LogP contribution in [0.15, 0.2) is 47.3 Å². The van der Waals surface area contributed by atoms with Crippen molar-refractivity contribution in [3.63, 3.8) is 0 Å². The topological polar surface area (TPSA) is 48.3 Å². The Bertz CT molecular complexity index is 929. The van der Waals surface area contributed by atoms with E-state index in [9.17, 15) is 9.59 Å². The van der Waals surface area contributed by atoms with Crippen molar-refractivity contribution in [3.05, 3.63) is 68.3 Å². The number of aromatic nitrogens is 1. The zero-order valence-corrected chi connectivity index (χ0v) is 14.0. The Kier molecular flexibility index (Phi) is 4.50. The van der Waals surface area contributed by atoms with E-state index in [-0.39, 0.29) is 18.0 Å². The van der Waals surface area contributed by atoms with Crippen molar-refractivity contribution >= 4 is 39.1 Å². The molecule has 4 nitrogen and oxygen atoms in total. The van der Waals surface area contributed by atoms with Crippen LogP contribution in [-0.2, 0) is 22.7 Å². The summed E-state index contributed by atoms with van der Waals surface area (Å²) < 4.78 is 7.38. The van der Waals surface area contributed by atoms with Crippen molar-refractivity contribution in [2.24, 2.45) is 0 Å². The number of esters is 1.